The maximum absolute atomic E-state index is 14.3. The number of nitrogens with zero attached hydrogens (tertiary/aromatic N) is 1. The van der Waals surface area contributed by atoms with Crippen LogP contribution < -0.4 is 0 Å². The first-order chi connectivity index (χ1) is 20.8. The fourth-order valence-corrected chi connectivity index (χ4v) is 11.4. The van der Waals surface area contributed by atoms with Gasteiger partial charge in [0.1, 0.15) is 11.9 Å². The minimum absolute atomic E-state index is 0.0804. The second kappa shape index (κ2) is 12.2. The number of aliphatic hydroxyl groups excluding tert-OH is 1. The van der Waals surface area contributed by atoms with Crippen LogP contribution in [0.15, 0.2) is 48.5 Å². The molecule has 3 nitrogen and oxygen atoms in total. The number of benzene rings is 2. The topological polar surface area (TPSA) is 42.4 Å². The first-order valence-corrected chi connectivity index (χ1v) is 19.3. The minimum Gasteiger partial charge on any atom is -0.410 e. The van der Waals surface area contributed by atoms with Gasteiger partial charge in [-0.15, -0.1) is 0 Å². The molecule has 1 heterocycles. The van der Waals surface area contributed by atoms with E-state index in [1.807, 2.05) is 0 Å². The van der Waals surface area contributed by atoms with Gasteiger partial charge in [-0.25, -0.2) is 4.39 Å². The summed E-state index contributed by atoms with van der Waals surface area (Å²) >= 11 is 0. The van der Waals surface area contributed by atoms with Gasteiger partial charge in [0.05, 0.1) is 17.4 Å². The van der Waals surface area contributed by atoms with E-state index in [1.54, 1.807) is 12.1 Å². The Labute approximate surface area is 266 Å². The van der Waals surface area contributed by atoms with Crippen molar-refractivity contribution in [2.45, 2.75) is 117 Å². The van der Waals surface area contributed by atoms with Gasteiger partial charge in [-0.1, -0.05) is 71.7 Å². The summed E-state index contributed by atoms with van der Waals surface area (Å²) in [6.07, 6.45) is -0.557. The Balaban J connectivity index is 1.78. The van der Waals surface area contributed by atoms with E-state index in [4.69, 9.17) is 9.41 Å². The molecular formula is C37H47F4NO2Si. The first kappa shape index (κ1) is 33.8. The molecule has 0 radical (unpaired) electrons. The Kier molecular flexibility index (Phi) is 9.19. The molecule has 1 N–H and O–H groups in total. The second-order valence-corrected chi connectivity index (χ2v) is 19.9. The molecule has 0 amide bonds. The predicted molar refractivity (Wildman–Crippen MR) is 174 cm³/mol. The van der Waals surface area contributed by atoms with Crippen molar-refractivity contribution in [2.24, 2.45) is 10.8 Å². The number of rotatable bonds is 7. The lowest BCUT2D eigenvalue weighted by molar-refractivity contribution is -0.137. The zero-order valence-electron chi connectivity index (χ0n) is 27.6. The van der Waals surface area contributed by atoms with Gasteiger partial charge < -0.3 is 9.53 Å². The molecule has 2 aliphatic rings. The molecule has 1 fully saturated rings. The molecule has 0 aliphatic heterocycles. The van der Waals surface area contributed by atoms with Crippen LogP contribution in [0.3, 0.4) is 0 Å². The minimum atomic E-state index is -4.48. The third-order valence-electron chi connectivity index (χ3n) is 9.21. The molecule has 2 unspecified atom stereocenters. The fourth-order valence-electron chi connectivity index (χ4n) is 7.83. The summed E-state index contributed by atoms with van der Waals surface area (Å²) in [5, 5.41) is 12.2. The summed E-state index contributed by atoms with van der Waals surface area (Å²) in [6.45, 7) is 15.6. The Morgan fingerprint density at radius 2 is 1.58 bits per heavy atom. The Morgan fingerprint density at radius 3 is 2.13 bits per heavy atom. The summed E-state index contributed by atoms with van der Waals surface area (Å²) in [5.41, 5.74) is 4.42. The number of fused-ring (bicyclic) bond motifs is 1. The van der Waals surface area contributed by atoms with Crippen LogP contribution in [0.4, 0.5) is 17.6 Å². The van der Waals surface area contributed by atoms with Crippen molar-refractivity contribution in [1.29, 1.82) is 0 Å². The van der Waals surface area contributed by atoms with Crippen molar-refractivity contribution in [3.63, 3.8) is 0 Å². The number of hydrogen-bond donors (Lipinski definition) is 1. The van der Waals surface area contributed by atoms with Crippen LogP contribution in [-0.2, 0) is 17.0 Å². The van der Waals surface area contributed by atoms with E-state index >= 15 is 0 Å². The third kappa shape index (κ3) is 7.71. The molecule has 2 aromatic carbocycles. The largest absolute Gasteiger partial charge is 0.416 e. The molecule has 0 saturated heterocycles. The molecule has 3 aromatic rings. The number of hydrogen-bond acceptors (Lipinski definition) is 3. The fraction of sp³-hybridized carbons (Fsp3) is 0.541. The van der Waals surface area contributed by atoms with Crippen LogP contribution in [0.1, 0.15) is 118 Å². The zero-order valence-corrected chi connectivity index (χ0v) is 28.6. The van der Waals surface area contributed by atoms with Gasteiger partial charge in [0.15, 0.2) is 8.32 Å². The highest BCUT2D eigenvalue weighted by Crippen LogP contribution is 2.52. The van der Waals surface area contributed by atoms with Gasteiger partial charge in [0, 0.05) is 22.7 Å². The number of halogens is 4. The van der Waals surface area contributed by atoms with E-state index < -0.39 is 26.2 Å². The quantitative estimate of drug-likeness (QED) is 0.206. The van der Waals surface area contributed by atoms with Crippen LogP contribution in [0.5, 0.6) is 0 Å². The molecule has 1 aromatic heterocycles. The van der Waals surface area contributed by atoms with Gasteiger partial charge in [-0.3, -0.25) is 4.98 Å². The van der Waals surface area contributed by atoms with Crippen LogP contribution in [0, 0.1) is 16.6 Å². The molecule has 2 aliphatic carbocycles. The highest BCUT2D eigenvalue weighted by atomic mass is 28.4. The average Bonchev–Trinajstić information content (AvgIpc) is 3.44. The van der Waals surface area contributed by atoms with Crippen LogP contribution >= 0.6 is 0 Å². The average molecular weight is 642 g/mol. The van der Waals surface area contributed by atoms with E-state index in [9.17, 15) is 22.7 Å². The lowest BCUT2D eigenvalue weighted by Crippen LogP contribution is -2.40. The van der Waals surface area contributed by atoms with Gasteiger partial charge in [0.25, 0.3) is 0 Å². The molecule has 1 saturated carbocycles. The van der Waals surface area contributed by atoms with Gasteiger partial charge in [-0.05, 0) is 96.6 Å². The van der Waals surface area contributed by atoms with E-state index in [-0.39, 0.29) is 28.7 Å². The van der Waals surface area contributed by atoms with Crippen molar-refractivity contribution in [1.82, 2.24) is 4.98 Å². The van der Waals surface area contributed by atoms with E-state index in [0.29, 0.717) is 11.1 Å². The molecule has 5 rings (SSSR count). The van der Waals surface area contributed by atoms with Crippen molar-refractivity contribution >= 4 is 8.32 Å². The first-order valence-electron chi connectivity index (χ1n) is 16.2. The smallest absolute Gasteiger partial charge is 0.410 e. The van der Waals surface area contributed by atoms with E-state index in [0.717, 1.165) is 84.8 Å². The summed E-state index contributed by atoms with van der Waals surface area (Å²) in [6, 6.07) is 12.0. The Morgan fingerprint density at radius 1 is 0.978 bits per heavy atom. The predicted octanol–water partition coefficient (Wildman–Crippen LogP) is 10.9. The Bertz CT molecular complexity index is 1500. The molecule has 45 heavy (non-hydrogen) atoms. The van der Waals surface area contributed by atoms with Crippen LogP contribution in [0.25, 0.3) is 11.1 Å². The highest BCUT2D eigenvalue weighted by molar-refractivity contribution is 6.71. The van der Waals surface area contributed by atoms with Crippen LogP contribution in [0.2, 0.25) is 19.1 Å². The molecule has 0 bridgehead atoms. The van der Waals surface area contributed by atoms with Gasteiger partial charge in [-0.2, -0.15) is 13.2 Å². The normalized spacial score (nSPS) is 19.9. The number of aliphatic hydroxyl groups is 1. The second-order valence-electron chi connectivity index (χ2n) is 15.8. The maximum atomic E-state index is 14.3. The maximum Gasteiger partial charge on any atom is 0.416 e. The SMILES string of the molecule is CC(C)(C)C[Si](C)(C)OC1CC(C)(C)Cc2nc(C3CCCC3)c(C(O)c3ccc(C(F)(F)F)cc3)c(-c3ccc(F)cc3)c21. The highest BCUT2D eigenvalue weighted by Gasteiger charge is 2.43. The summed E-state index contributed by atoms with van der Waals surface area (Å²) < 4.78 is 61.8. The van der Waals surface area contributed by atoms with E-state index in [2.05, 4.69) is 47.7 Å². The number of pyridine rings is 1. The summed E-state index contributed by atoms with van der Waals surface area (Å²) in [7, 11) is -2.22. The monoisotopic (exact) mass is 641 g/mol. The van der Waals surface area contributed by atoms with Crippen molar-refractivity contribution in [3.05, 3.63) is 88.0 Å². The lowest BCUT2D eigenvalue weighted by atomic mass is 9.71. The zero-order chi connectivity index (χ0) is 32.9. The Hall–Kier alpha value is -2.55. The summed E-state index contributed by atoms with van der Waals surface area (Å²) in [5.74, 6) is -0.250. The molecular weight excluding hydrogens is 594 g/mol. The van der Waals surface area contributed by atoms with Gasteiger partial charge >= 0.3 is 6.18 Å². The summed E-state index contributed by atoms with van der Waals surface area (Å²) in [4.78, 5) is 5.37. The molecule has 2 atom stereocenters. The van der Waals surface area contributed by atoms with Crippen molar-refractivity contribution in [3.8, 4) is 11.1 Å². The van der Waals surface area contributed by atoms with Crippen molar-refractivity contribution in [2.75, 3.05) is 0 Å². The molecule has 0 spiro atoms. The van der Waals surface area contributed by atoms with Crippen LogP contribution in [-0.4, -0.2) is 18.4 Å². The molecule has 8 heteroatoms. The number of aromatic nitrogens is 1. The molecule has 244 valence electrons. The third-order valence-corrected chi connectivity index (χ3v) is 12.0. The number of alkyl halides is 3. The standard InChI is InChI=1S/C37H47F4NO2Si/c1-35(2,3)22-45(6,7)44-29-21-36(4,5)20-28-31(29)30(23-14-18-27(38)19-15-23)32(33(42-28)24-10-8-9-11-24)34(43)25-12-16-26(17-13-25)37(39,40)41/h12-19,24,29,34,43H,8-11,20-22H2,1-7H3. The lowest BCUT2D eigenvalue weighted by Gasteiger charge is -2.43. The van der Waals surface area contributed by atoms with Gasteiger partial charge in [0.2, 0.25) is 0 Å². The van der Waals surface area contributed by atoms with E-state index in [1.165, 1.54) is 24.3 Å². The van der Waals surface area contributed by atoms with Crippen molar-refractivity contribution < 1.29 is 27.1 Å².